The summed E-state index contributed by atoms with van der Waals surface area (Å²) in [6.07, 6.45) is 2.12. The van der Waals surface area contributed by atoms with Crippen molar-refractivity contribution in [3.05, 3.63) is 22.8 Å². The molecule has 1 amide bonds. The average Bonchev–Trinajstić information content (AvgIpc) is 2.37. The predicted molar refractivity (Wildman–Crippen MR) is 82.3 cm³/mol. The molecular weight excluding hydrogens is 274 g/mol. The van der Waals surface area contributed by atoms with E-state index in [9.17, 15) is 4.79 Å². The molecule has 110 valence electrons. The number of nitrogens with one attached hydrogen (secondary N) is 1. The Morgan fingerprint density at radius 2 is 2.25 bits per heavy atom. The highest BCUT2D eigenvalue weighted by molar-refractivity contribution is 6.29. The summed E-state index contributed by atoms with van der Waals surface area (Å²) in [6.45, 7) is 7.90. The highest BCUT2D eigenvalue weighted by Crippen LogP contribution is 2.25. The number of likely N-dealkylation sites (tertiary alicyclic amines) is 1. The van der Waals surface area contributed by atoms with Gasteiger partial charge in [0.15, 0.2) is 0 Å². The molecule has 20 heavy (non-hydrogen) atoms. The number of nitrogens with zero attached hydrogens (tertiary/aromatic N) is 2. The zero-order valence-electron chi connectivity index (χ0n) is 12.3. The highest BCUT2D eigenvalue weighted by Gasteiger charge is 2.27. The number of rotatable bonds is 3. The number of pyridine rings is 1. The minimum Gasteiger partial charge on any atom is -0.370 e. The lowest BCUT2D eigenvalue weighted by Gasteiger charge is -2.36. The summed E-state index contributed by atoms with van der Waals surface area (Å²) in [7, 11) is 0. The second kappa shape index (κ2) is 6.44. The van der Waals surface area contributed by atoms with E-state index in [0.717, 1.165) is 25.9 Å². The first-order chi connectivity index (χ1) is 9.51. The highest BCUT2D eigenvalue weighted by atomic mass is 35.5. The van der Waals surface area contributed by atoms with Crippen molar-refractivity contribution in [2.45, 2.75) is 39.7 Å². The zero-order chi connectivity index (χ0) is 14.7. The third-order valence-electron chi connectivity index (χ3n) is 3.80. The predicted octanol–water partition coefficient (Wildman–Crippen LogP) is 3.43. The third kappa shape index (κ3) is 3.42. The van der Waals surface area contributed by atoms with Gasteiger partial charge in [0.05, 0.1) is 0 Å². The summed E-state index contributed by atoms with van der Waals surface area (Å²) >= 11 is 6.01. The molecule has 2 rings (SSSR count). The van der Waals surface area contributed by atoms with Crippen molar-refractivity contribution < 1.29 is 4.79 Å². The molecule has 0 bridgehead atoms. The summed E-state index contributed by atoms with van der Waals surface area (Å²) in [5, 5.41) is 3.45. The Hall–Kier alpha value is -1.29. The van der Waals surface area contributed by atoms with Gasteiger partial charge in [0, 0.05) is 24.7 Å². The van der Waals surface area contributed by atoms with Crippen LogP contribution in [0.25, 0.3) is 0 Å². The number of carbonyl (C=O) groups excluding carboxylic acids is 1. The molecular formula is C15H22ClN3O. The van der Waals surface area contributed by atoms with Gasteiger partial charge < -0.3 is 10.2 Å². The Labute approximate surface area is 125 Å². The van der Waals surface area contributed by atoms with E-state index in [-0.39, 0.29) is 11.9 Å². The number of hydrogen-bond donors (Lipinski definition) is 1. The number of amides is 1. The number of piperidine rings is 1. The number of halogens is 1. The van der Waals surface area contributed by atoms with Crippen LogP contribution >= 0.6 is 11.6 Å². The lowest BCUT2D eigenvalue weighted by atomic mass is 9.93. The van der Waals surface area contributed by atoms with Crippen molar-refractivity contribution in [2.24, 2.45) is 5.92 Å². The molecule has 0 aliphatic carbocycles. The van der Waals surface area contributed by atoms with Crippen molar-refractivity contribution in [3.63, 3.8) is 0 Å². The fourth-order valence-electron chi connectivity index (χ4n) is 2.77. The first-order valence-electron chi connectivity index (χ1n) is 7.23. The van der Waals surface area contributed by atoms with Crippen LogP contribution in [0.4, 0.5) is 5.82 Å². The molecule has 2 unspecified atom stereocenters. The van der Waals surface area contributed by atoms with Crippen molar-refractivity contribution in [3.8, 4) is 0 Å². The van der Waals surface area contributed by atoms with Crippen LogP contribution in [0.3, 0.4) is 0 Å². The maximum atomic E-state index is 12.6. The Balaban J connectivity index is 2.20. The van der Waals surface area contributed by atoms with Crippen molar-refractivity contribution in [2.75, 3.05) is 18.4 Å². The molecule has 2 heterocycles. The molecule has 1 aliphatic heterocycles. The molecule has 1 aromatic rings. The maximum Gasteiger partial charge on any atom is 0.254 e. The van der Waals surface area contributed by atoms with Gasteiger partial charge in [0.2, 0.25) is 0 Å². The van der Waals surface area contributed by atoms with Crippen LogP contribution < -0.4 is 5.32 Å². The second-order valence-electron chi connectivity index (χ2n) is 5.57. The van der Waals surface area contributed by atoms with E-state index in [1.807, 2.05) is 11.8 Å². The molecule has 5 heteroatoms. The second-order valence-corrected chi connectivity index (χ2v) is 5.96. The summed E-state index contributed by atoms with van der Waals surface area (Å²) in [4.78, 5) is 18.7. The summed E-state index contributed by atoms with van der Waals surface area (Å²) in [5.74, 6) is 1.39. The van der Waals surface area contributed by atoms with Gasteiger partial charge in [0.25, 0.3) is 5.91 Å². The van der Waals surface area contributed by atoms with E-state index in [0.29, 0.717) is 22.5 Å². The van der Waals surface area contributed by atoms with E-state index >= 15 is 0 Å². The summed E-state index contributed by atoms with van der Waals surface area (Å²) < 4.78 is 0. The molecule has 0 aromatic carbocycles. The molecule has 1 aliphatic rings. The summed E-state index contributed by atoms with van der Waals surface area (Å²) in [5.41, 5.74) is 0.613. The minimum absolute atomic E-state index is 0.0489. The molecule has 0 radical (unpaired) electrons. The minimum atomic E-state index is 0.0489. The quantitative estimate of drug-likeness (QED) is 0.869. The van der Waals surface area contributed by atoms with Crippen LogP contribution in [0.2, 0.25) is 5.15 Å². The molecule has 1 saturated heterocycles. The van der Waals surface area contributed by atoms with E-state index < -0.39 is 0 Å². The van der Waals surface area contributed by atoms with Gasteiger partial charge >= 0.3 is 0 Å². The van der Waals surface area contributed by atoms with Crippen molar-refractivity contribution in [1.82, 2.24) is 9.88 Å². The molecule has 0 spiro atoms. The lowest BCUT2D eigenvalue weighted by Crippen LogP contribution is -2.44. The molecule has 1 N–H and O–H groups in total. The summed E-state index contributed by atoms with van der Waals surface area (Å²) in [6, 6.07) is 3.71. The van der Waals surface area contributed by atoms with Crippen LogP contribution in [-0.4, -0.2) is 34.9 Å². The molecule has 1 fully saturated rings. The fraction of sp³-hybridized carbons (Fsp3) is 0.600. The number of hydrogen-bond acceptors (Lipinski definition) is 3. The van der Waals surface area contributed by atoms with Gasteiger partial charge in [-0.1, -0.05) is 18.5 Å². The van der Waals surface area contributed by atoms with Gasteiger partial charge in [-0.2, -0.15) is 0 Å². The number of anilines is 1. The lowest BCUT2D eigenvalue weighted by molar-refractivity contribution is 0.0588. The van der Waals surface area contributed by atoms with Gasteiger partial charge in [-0.15, -0.1) is 0 Å². The van der Waals surface area contributed by atoms with Crippen molar-refractivity contribution >= 4 is 23.3 Å². The van der Waals surface area contributed by atoms with E-state index in [2.05, 4.69) is 24.1 Å². The monoisotopic (exact) mass is 295 g/mol. The van der Waals surface area contributed by atoms with E-state index in [4.69, 9.17) is 11.6 Å². The average molecular weight is 296 g/mol. The largest absolute Gasteiger partial charge is 0.370 e. The molecule has 2 atom stereocenters. The number of aromatic nitrogens is 1. The fourth-order valence-corrected chi connectivity index (χ4v) is 2.98. The van der Waals surface area contributed by atoms with E-state index in [1.54, 1.807) is 12.1 Å². The maximum absolute atomic E-state index is 12.6. The smallest absolute Gasteiger partial charge is 0.254 e. The van der Waals surface area contributed by atoms with Gasteiger partial charge in [0.1, 0.15) is 11.0 Å². The normalized spacial score (nSPS) is 22.7. The Bertz CT molecular complexity index is 492. The van der Waals surface area contributed by atoms with Crippen LogP contribution in [0.15, 0.2) is 12.1 Å². The van der Waals surface area contributed by atoms with Crippen LogP contribution in [0.1, 0.15) is 44.0 Å². The molecule has 0 saturated carbocycles. The van der Waals surface area contributed by atoms with Crippen LogP contribution in [0, 0.1) is 5.92 Å². The Kier molecular flexibility index (Phi) is 4.86. The standard InChI is InChI=1S/C15H22ClN3O/c1-4-17-14-9-12(8-13(16)18-14)15(20)19-6-5-10(2)7-11(19)3/h8-11H,4-7H2,1-3H3,(H,17,18). The van der Waals surface area contributed by atoms with Crippen molar-refractivity contribution in [1.29, 1.82) is 0 Å². The number of carbonyl (C=O) groups is 1. The molecule has 4 nitrogen and oxygen atoms in total. The first-order valence-corrected chi connectivity index (χ1v) is 7.61. The van der Waals surface area contributed by atoms with Gasteiger partial charge in [-0.3, -0.25) is 4.79 Å². The third-order valence-corrected chi connectivity index (χ3v) is 3.99. The topological polar surface area (TPSA) is 45.2 Å². The Morgan fingerprint density at radius 3 is 2.90 bits per heavy atom. The van der Waals surface area contributed by atoms with Crippen LogP contribution in [-0.2, 0) is 0 Å². The van der Waals surface area contributed by atoms with Gasteiger partial charge in [-0.05, 0) is 44.7 Å². The van der Waals surface area contributed by atoms with E-state index in [1.165, 1.54) is 0 Å². The SMILES string of the molecule is CCNc1cc(C(=O)N2CCC(C)CC2C)cc(Cl)n1. The first kappa shape index (κ1) is 15.1. The Morgan fingerprint density at radius 1 is 1.50 bits per heavy atom. The van der Waals surface area contributed by atoms with Crippen LogP contribution in [0.5, 0.6) is 0 Å². The zero-order valence-corrected chi connectivity index (χ0v) is 13.1. The van der Waals surface area contributed by atoms with Gasteiger partial charge in [-0.25, -0.2) is 4.98 Å². The molecule has 1 aromatic heterocycles.